The van der Waals surface area contributed by atoms with E-state index >= 15 is 0 Å². The van der Waals surface area contributed by atoms with Crippen molar-refractivity contribution in [2.75, 3.05) is 5.73 Å². The molecule has 0 bridgehead atoms. The third-order valence-electron chi connectivity index (χ3n) is 2.09. The molecule has 0 spiro atoms. The van der Waals surface area contributed by atoms with Crippen LogP contribution in [-0.2, 0) is 0 Å². The minimum Gasteiger partial charge on any atom is -0.461 e. The molecule has 100 valence electrons. The standard InChI is InChI=1S/C12H12ClFN4O/c1-6(2)19-12-17-10(16-11(15)18-12)7-3-8(13)5-9(14)4-7/h3-6H,1-2H3,(H2,15,16,17,18). The molecule has 0 atom stereocenters. The molecule has 0 fully saturated rings. The normalized spacial score (nSPS) is 10.8. The van der Waals surface area contributed by atoms with E-state index in [0.29, 0.717) is 5.56 Å². The fraction of sp³-hybridized carbons (Fsp3) is 0.250. The van der Waals surface area contributed by atoms with Crippen molar-refractivity contribution in [2.45, 2.75) is 20.0 Å². The number of aromatic nitrogens is 3. The molecule has 1 aromatic heterocycles. The molecule has 0 unspecified atom stereocenters. The van der Waals surface area contributed by atoms with Crippen molar-refractivity contribution in [1.29, 1.82) is 0 Å². The van der Waals surface area contributed by atoms with Crippen LogP contribution in [0.3, 0.4) is 0 Å². The Morgan fingerprint density at radius 1 is 1.21 bits per heavy atom. The van der Waals surface area contributed by atoms with Crippen LogP contribution in [0.2, 0.25) is 5.02 Å². The van der Waals surface area contributed by atoms with Gasteiger partial charge in [-0.3, -0.25) is 0 Å². The van der Waals surface area contributed by atoms with E-state index in [1.165, 1.54) is 12.1 Å². The summed E-state index contributed by atoms with van der Waals surface area (Å²) in [6, 6.07) is 4.09. The van der Waals surface area contributed by atoms with Gasteiger partial charge in [0, 0.05) is 10.6 Å². The maximum atomic E-state index is 13.3. The highest BCUT2D eigenvalue weighted by Gasteiger charge is 2.10. The minimum absolute atomic E-state index is 0.000957. The first-order valence-electron chi connectivity index (χ1n) is 5.58. The smallest absolute Gasteiger partial charge is 0.322 e. The maximum absolute atomic E-state index is 13.3. The van der Waals surface area contributed by atoms with Crippen molar-refractivity contribution in [3.8, 4) is 17.4 Å². The quantitative estimate of drug-likeness (QED) is 0.937. The molecule has 0 saturated carbocycles. The summed E-state index contributed by atoms with van der Waals surface area (Å²) >= 11 is 5.79. The number of nitrogen functional groups attached to an aromatic ring is 1. The lowest BCUT2D eigenvalue weighted by atomic mass is 10.2. The fourth-order valence-corrected chi connectivity index (χ4v) is 1.67. The second-order valence-corrected chi connectivity index (χ2v) is 4.56. The summed E-state index contributed by atoms with van der Waals surface area (Å²) in [5, 5.41) is 0.250. The lowest BCUT2D eigenvalue weighted by molar-refractivity contribution is 0.222. The molecule has 5 nitrogen and oxygen atoms in total. The Balaban J connectivity index is 2.46. The summed E-state index contributed by atoms with van der Waals surface area (Å²) in [6.45, 7) is 3.66. The number of anilines is 1. The first-order chi connectivity index (χ1) is 8.94. The summed E-state index contributed by atoms with van der Waals surface area (Å²) in [5.74, 6) is -0.265. The number of hydrogen-bond acceptors (Lipinski definition) is 5. The van der Waals surface area contributed by atoms with Gasteiger partial charge in [-0.25, -0.2) is 4.39 Å². The van der Waals surface area contributed by atoms with Gasteiger partial charge >= 0.3 is 6.01 Å². The van der Waals surface area contributed by atoms with Gasteiger partial charge in [0.25, 0.3) is 0 Å². The van der Waals surface area contributed by atoms with Crippen molar-refractivity contribution >= 4 is 17.5 Å². The third-order valence-corrected chi connectivity index (χ3v) is 2.31. The molecule has 0 saturated heterocycles. The van der Waals surface area contributed by atoms with Crippen LogP contribution in [0.25, 0.3) is 11.4 Å². The Kier molecular flexibility index (Phi) is 3.80. The molecule has 0 aliphatic rings. The van der Waals surface area contributed by atoms with E-state index in [2.05, 4.69) is 15.0 Å². The average molecular weight is 283 g/mol. The number of nitrogens with zero attached hydrogens (tertiary/aromatic N) is 3. The molecule has 7 heteroatoms. The van der Waals surface area contributed by atoms with Crippen LogP contribution in [-0.4, -0.2) is 21.1 Å². The van der Waals surface area contributed by atoms with Gasteiger partial charge < -0.3 is 10.5 Å². The van der Waals surface area contributed by atoms with Crippen LogP contribution in [0.5, 0.6) is 6.01 Å². The van der Waals surface area contributed by atoms with E-state index < -0.39 is 5.82 Å². The molecule has 2 aromatic rings. The summed E-state index contributed by atoms with van der Waals surface area (Å²) < 4.78 is 18.7. The second kappa shape index (κ2) is 5.36. The van der Waals surface area contributed by atoms with Gasteiger partial charge in [-0.2, -0.15) is 15.0 Å². The summed E-state index contributed by atoms with van der Waals surface area (Å²) in [4.78, 5) is 11.9. The van der Waals surface area contributed by atoms with Gasteiger partial charge in [-0.15, -0.1) is 0 Å². The van der Waals surface area contributed by atoms with E-state index in [4.69, 9.17) is 22.1 Å². The van der Waals surface area contributed by atoms with E-state index in [1.54, 1.807) is 6.07 Å². The molecule has 0 aliphatic carbocycles. The third kappa shape index (κ3) is 3.51. The Bertz CT molecular complexity index is 586. The fourth-order valence-electron chi connectivity index (χ4n) is 1.45. The first-order valence-corrected chi connectivity index (χ1v) is 5.96. The van der Waals surface area contributed by atoms with Gasteiger partial charge in [0.2, 0.25) is 5.95 Å². The van der Waals surface area contributed by atoms with Crippen LogP contribution in [0.15, 0.2) is 18.2 Å². The maximum Gasteiger partial charge on any atom is 0.322 e. The monoisotopic (exact) mass is 282 g/mol. The molecule has 2 rings (SSSR count). The summed E-state index contributed by atoms with van der Waals surface area (Å²) in [6.07, 6.45) is -0.106. The van der Waals surface area contributed by atoms with Gasteiger partial charge in [0.15, 0.2) is 5.82 Å². The lowest BCUT2D eigenvalue weighted by Crippen LogP contribution is -2.11. The van der Waals surface area contributed by atoms with E-state index in [-0.39, 0.29) is 28.9 Å². The minimum atomic E-state index is -0.479. The molecular formula is C12H12ClFN4O. The van der Waals surface area contributed by atoms with Crippen molar-refractivity contribution in [2.24, 2.45) is 0 Å². The Labute approximate surface area is 114 Å². The molecule has 1 aromatic carbocycles. The highest BCUT2D eigenvalue weighted by molar-refractivity contribution is 6.30. The lowest BCUT2D eigenvalue weighted by Gasteiger charge is -2.09. The Morgan fingerprint density at radius 3 is 2.58 bits per heavy atom. The average Bonchev–Trinajstić information content (AvgIpc) is 2.25. The Hall–Kier alpha value is -1.95. The van der Waals surface area contributed by atoms with Crippen molar-refractivity contribution in [3.63, 3.8) is 0 Å². The molecule has 1 heterocycles. The number of hydrogen-bond donors (Lipinski definition) is 1. The first kappa shape index (κ1) is 13.5. The molecule has 2 N–H and O–H groups in total. The molecule has 0 radical (unpaired) electrons. The van der Waals surface area contributed by atoms with Crippen LogP contribution < -0.4 is 10.5 Å². The van der Waals surface area contributed by atoms with E-state index in [0.717, 1.165) is 0 Å². The highest BCUT2D eigenvalue weighted by atomic mass is 35.5. The predicted molar refractivity (Wildman–Crippen MR) is 70.4 cm³/mol. The van der Waals surface area contributed by atoms with Gasteiger partial charge in [-0.1, -0.05) is 11.6 Å². The van der Waals surface area contributed by atoms with Crippen molar-refractivity contribution < 1.29 is 9.13 Å². The van der Waals surface area contributed by atoms with E-state index in [1.807, 2.05) is 13.8 Å². The van der Waals surface area contributed by atoms with Gasteiger partial charge in [-0.05, 0) is 32.0 Å². The van der Waals surface area contributed by atoms with Gasteiger partial charge in [0.05, 0.1) is 6.10 Å². The number of ether oxygens (including phenoxy) is 1. The summed E-state index contributed by atoms with van der Waals surface area (Å²) in [5.41, 5.74) is 5.99. The number of halogens is 2. The Morgan fingerprint density at radius 2 is 1.95 bits per heavy atom. The zero-order valence-electron chi connectivity index (χ0n) is 10.4. The zero-order valence-corrected chi connectivity index (χ0v) is 11.1. The zero-order chi connectivity index (χ0) is 14.0. The SMILES string of the molecule is CC(C)Oc1nc(N)nc(-c2cc(F)cc(Cl)c2)n1. The summed E-state index contributed by atoms with van der Waals surface area (Å²) in [7, 11) is 0. The van der Waals surface area contributed by atoms with Crippen LogP contribution in [0, 0.1) is 5.82 Å². The van der Waals surface area contributed by atoms with E-state index in [9.17, 15) is 4.39 Å². The number of rotatable bonds is 3. The topological polar surface area (TPSA) is 73.9 Å². The van der Waals surface area contributed by atoms with Crippen LogP contribution in [0.4, 0.5) is 10.3 Å². The largest absolute Gasteiger partial charge is 0.461 e. The molecule has 0 amide bonds. The molecule has 0 aliphatic heterocycles. The second-order valence-electron chi connectivity index (χ2n) is 4.12. The number of benzene rings is 1. The van der Waals surface area contributed by atoms with Crippen molar-refractivity contribution in [3.05, 3.63) is 29.0 Å². The van der Waals surface area contributed by atoms with Crippen molar-refractivity contribution in [1.82, 2.24) is 15.0 Å². The van der Waals surface area contributed by atoms with Gasteiger partial charge in [0.1, 0.15) is 5.82 Å². The highest BCUT2D eigenvalue weighted by Crippen LogP contribution is 2.23. The number of nitrogens with two attached hydrogens (primary N) is 1. The molecular weight excluding hydrogens is 271 g/mol. The van der Waals surface area contributed by atoms with Crippen LogP contribution in [0.1, 0.15) is 13.8 Å². The molecule has 19 heavy (non-hydrogen) atoms. The predicted octanol–water partition coefficient (Wildman–Crippen LogP) is 2.70. The van der Waals surface area contributed by atoms with Crippen LogP contribution >= 0.6 is 11.6 Å².